The van der Waals surface area contributed by atoms with Crippen LogP contribution in [0.1, 0.15) is 46.0 Å². The van der Waals surface area contributed by atoms with Gasteiger partial charge in [-0.3, -0.25) is 14.9 Å². The zero-order valence-electron chi connectivity index (χ0n) is 16.0. The number of nitro groups is 1. The third kappa shape index (κ3) is 4.74. The molecule has 2 aromatic carbocycles. The third-order valence-electron chi connectivity index (χ3n) is 4.94. The highest BCUT2D eigenvalue weighted by Gasteiger charge is 2.31. The van der Waals surface area contributed by atoms with Crippen molar-refractivity contribution in [2.45, 2.75) is 32.2 Å². The summed E-state index contributed by atoms with van der Waals surface area (Å²) < 4.78 is 4.94. The topological polar surface area (TPSA) is 89.8 Å². The summed E-state index contributed by atoms with van der Waals surface area (Å²) in [6, 6.07) is 11.1. The summed E-state index contributed by atoms with van der Waals surface area (Å²) in [6.45, 7) is 2.33. The molecule has 29 heavy (non-hydrogen) atoms. The summed E-state index contributed by atoms with van der Waals surface area (Å²) >= 11 is 6.26. The Morgan fingerprint density at radius 3 is 2.66 bits per heavy atom. The summed E-state index contributed by atoms with van der Waals surface area (Å²) in [5.74, 6) is -1.03. The lowest BCUT2D eigenvalue weighted by Gasteiger charge is -2.25. The highest BCUT2D eigenvalue weighted by atomic mass is 35.5. The Labute approximate surface area is 173 Å². The molecule has 0 spiro atoms. The number of non-ortho nitro benzene ring substituents is 1. The van der Waals surface area contributed by atoms with E-state index >= 15 is 0 Å². The fourth-order valence-electron chi connectivity index (χ4n) is 3.57. The van der Waals surface area contributed by atoms with Gasteiger partial charge in [-0.05, 0) is 43.9 Å². The van der Waals surface area contributed by atoms with Gasteiger partial charge in [-0.15, -0.1) is 0 Å². The van der Waals surface area contributed by atoms with Crippen LogP contribution in [-0.2, 0) is 11.2 Å². The number of likely N-dealkylation sites (tertiary alicyclic amines) is 1. The quantitative estimate of drug-likeness (QED) is 0.398. The number of benzene rings is 2. The molecule has 1 fully saturated rings. The van der Waals surface area contributed by atoms with E-state index in [0.717, 1.165) is 24.5 Å². The van der Waals surface area contributed by atoms with Crippen molar-refractivity contribution in [3.8, 4) is 0 Å². The lowest BCUT2D eigenvalue weighted by Crippen LogP contribution is -2.37. The Kier molecular flexibility index (Phi) is 6.49. The van der Waals surface area contributed by atoms with Crippen molar-refractivity contribution in [1.82, 2.24) is 4.90 Å². The minimum absolute atomic E-state index is 0.00810. The Balaban J connectivity index is 1.89. The van der Waals surface area contributed by atoms with Crippen LogP contribution >= 0.6 is 11.6 Å². The molecule has 0 aromatic heterocycles. The van der Waals surface area contributed by atoms with Crippen molar-refractivity contribution in [3.05, 3.63) is 74.3 Å². The molecule has 1 heterocycles. The first kappa shape index (κ1) is 20.8. The number of carbonyl (C=O) groups excluding carboxylic acids is 2. The normalized spacial score (nSPS) is 15.9. The largest absolute Gasteiger partial charge is 0.462 e. The zero-order chi connectivity index (χ0) is 21.0. The number of hydrogen-bond acceptors (Lipinski definition) is 5. The molecular formula is C21H21ClN2O5. The molecule has 1 saturated heterocycles. The van der Waals surface area contributed by atoms with E-state index in [1.807, 2.05) is 24.3 Å². The number of amides is 1. The van der Waals surface area contributed by atoms with E-state index in [-0.39, 0.29) is 35.4 Å². The number of rotatable bonds is 6. The van der Waals surface area contributed by atoms with E-state index in [4.69, 9.17) is 16.3 Å². The highest BCUT2D eigenvalue weighted by molar-refractivity contribution is 6.31. The maximum atomic E-state index is 13.2. The Morgan fingerprint density at radius 1 is 1.24 bits per heavy atom. The first-order chi connectivity index (χ1) is 13.9. The minimum Gasteiger partial charge on any atom is -0.462 e. The van der Waals surface area contributed by atoms with Crippen molar-refractivity contribution in [1.29, 1.82) is 0 Å². The average molecular weight is 417 g/mol. The summed E-state index contributed by atoms with van der Waals surface area (Å²) in [7, 11) is 0. The van der Waals surface area contributed by atoms with Gasteiger partial charge in [0.05, 0.1) is 17.1 Å². The van der Waals surface area contributed by atoms with Crippen molar-refractivity contribution >= 4 is 29.2 Å². The molecule has 3 rings (SSSR count). The third-order valence-corrected chi connectivity index (χ3v) is 5.31. The van der Waals surface area contributed by atoms with E-state index in [0.29, 0.717) is 18.0 Å². The molecule has 1 aliphatic rings. The maximum Gasteiger partial charge on any atom is 0.338 e. The van der Waals surface area contributed by atoms with E-state index < -0.39 is 10.9 Å². The molecule has 1 atom stereocenters. The van der Waals surface area contributed by atoms with E-state index in [2.05, 4.69) is 0 Å². The minimum atomic E-state index is -0.695. The molecule has 1 aliphatic heterocycles. The smallest absolute Gasteiger partial charge is 0.338 e. The number of nitro benzene ring substituents is 1. The summed E-state index contributed by atoms with van der Waals surface area (Å²) in [5, 5.41) is 11.9. The number of halogens is 1. The number of hydrogen-bond donors (Lipinski definition) is 0. The van der Waals surface area contributed by atoms with E-state index in [1.54, 1.807) is 11.8 Å². The second-order valence-electron chi connectivity index (χ2n) is 6.84. The number of nitrogens with zero attached hydrogens (tertiary/aromatic N) is 2. The molecular weight excluding hydrogens is 396 g/mol. The van der Waals surface area contributed by atoms with Gasteiger partial charge in [0.2, 0.25) is 0 Å². The second kappa shape index (κ2) is 9.05. The lowest BCUT2D eigenvalue weighted by atomic mass is 10.0. The number of ether oxygens (including phenoxy) is 1. The molecule has 0 radical (unpaired) electrons. The highest BCUT2D eigenvalue weighted by Crippen LogP contribution is 2.27. The molecule has 0 saturated carbocycles. The molecule has 1 amide bonds. The van der Waals surface area contributed by atoms with Crippen LogP contribution in [0.25, 0.3) is 0 Å². The molecule has 1 unspecified atom stereocenters. The van der Waals surface area contributed by atoms with Crippen molar-refractivity contribution in [2.75, 3.05) is 13.2 Å². The SMILES string of the molecule is CCOC(=O)c1cc(C(=O)N2CCCC2Cc2ccccc2Cl)cc([N+](=O)[O-])c1. The van der Waals surface area contributed by atoms with Gasteiger partial charge in [-0.25, -0.2) is 4.79 Å². The molecule has 0 aliphatic carbocycles. The van der Waals surface area contributed by atoms with E-state index in [1.165, 1.54) is 12.1 Å². The molecule has 0 N–H and O–H groups in total. The van der Waals surface area contributed by atoms with Gasteiger partial charge in [-0.1, -0.05) is 29.8 Å². The van der Waals surface area contributed by atoms with Crippen LogP contribution in [0.3, 0.4) is 0 Å². The van der Waals surface area contributed by atoms with Crippen LogP contribution in [0.4, 0.5) is 5.69 Å². The molecule has 8 heteroatoms. The van der Waals surface area contributed by atoms with Crippen LogP contribution in [0, 0.1) is 10.1 Å². The maximum absolute atomic E-state index is 13.2. The van der Waals surface area contributed by atoms with Crippen LogP contribution in [0.15, 0.2) is 42.5 Å². The average Bonchev–Trinajstić information content (AvgIpc) is 3.17. The molecule has 7 nitrogen and oxygen atoms in total. The monoisotopic (exact) mass is 416 g/mol. The fourth-order valence-corrected chi connectivity index (χ4v) is 3.78. The summed E-state index contributed by atoms with van der Waals surface area (Å²) in [4.78, 5) is 37.6. The van der Waals surface area contributed by atoms with Gasteiger partial charge in [-0.2, -0.15) is 0 Å². The van der Waals surface area contributed by atoms with Gasteiger partial charge in [0.1, 0.15) is 0 Å². The Hall–Kier alpha value is -2.93. The Morgan fingerprint density at radius 2 is 1.97 bits per heavy atom. The van der Waals surface area contributed by atoms with E-state index in [9.17, 15) is 19.7 Å². The van der Waals surface area contributed by atoms with Gasteiger partial charge in [0.25, 0.3) is 11.6 Å². The summed E-state index contributed by atoms with van der Waals surface area (Å²) in [5.41, 5.74) is 0.727. The van der Waals surface area contributed by atoms with Crippen LogP contribution < -0.4 is 0 Å². The second-order valence-corrected chi connectivity index (χ2v) is 7.24. The van der Waals surface area contributed by atoms with Gasteiger partial charge >= 0.3 is 5.97 Å². The fraction of sp³-hybridized carbons (Fsp3) is 0.333. The van der Waals surface area contributed by atoms with Crippen molar-refractivity contribution in [2.24, 2.45) is 0 Å². The van der Waals surface area contributed by atoms with Crippen LogP contribution in [0.5, 0.6) is 0 Å². The standard InChI is InChI=1S/C21H21ClN2O5/c1-2-29-21(26)16-10-15(12-18(13-16)24(27)28)20(25)23-9-5-7-17(23)11-14-6-3-4-8-19(14)22/h3-4,6,8,10,12-13,17H,2,5,7,9,11H2,1H3. The predicted octanol–water partition coefficient (Wildman–Crippen LogP) is 4.27. The van der Waals surface area contributed by atoms with Crippen molar-refractivity contribution < 1.29 is 19.2 Å². The lowest BCUT2D eigenvalue weighted by molar-refractivity contribution is -0.384. The summed E-state index contributed by atoms with van der Waals surface area (Å²) in [6.07, 6.45) is 2.25. The number of esters is 1. The Bertz CT molecular complexity index is 946. The van der Waals surface area contributed by atoms with Gasteiger partial charge in [0.15, 0.2) is 0 Å². The molecule has 152 valence electrons. The molecule has 0 bridgehead atoms. The van der Waals surface area contributed by atoms with Crippen LogP contribution in [0.2, 0.25) is 5.02 Å². The predicted molar refractivity (Wildman–Crippen MR) is 108 cm³/mol. The van der Waals surface area contributed by atoms with Gasteiger partial charge in [0, 0.05) is 35.3 Å². The van der Waals surface area contributed by atoms with Crippen molar-refractivity contribution in [3.63, 3.8) is 0 Å². The van der Waals surface area contributed by atoms with Gasteiger partial charge < -0.3 is 9.64 Å². The molecule has 2 aromatic rings. The first-order valence-electron chi connectivity index (χ1n) is 9.41. The zero-order valence-corrected chi connectivity index (χ0v) is 16.7. The van der Waals surface area contributed by atoms with Crippen LogP contribution in [-0.4, -0.2) is 40.9 Å². The number of carbonyl (C=O) groups is 2. The first-order valence-corrected chi connectivity index (χ1v) is 9.79.